The van der Waals surface area contributed by atoms with Gasteiger partial charge < -0.3 is 4.90 Å². The number of carbonyl (C=O) groups excluding carboxylic acids is 1. The minimum Gasteiger partial charge on any atom is -0.317 e. The van der Waals surface area contributed by atoms with Crippen LogP contribution >= 0.6 is 11.3 Å². The van der Waals surface area contributed by atoms with Crippen LogP contribution in [0.2, 0.25) is 0 Å². The lowest BCUT2D eigenvalue weighted by molar-refractivity contribution is -0.138. The van der Waals surface area contributed by atoms with Crippen LogP contribution in [0.3, 0.4) is 0 Å². The molecule has 1 fully saturated rings. The Kier molecular flexibility index (Phi) is 6.17. The number of aromatic nitrogens is 3. The van der Waals surface area contributed by atoms with Crippen LogP contribution in [0.5, 0.6) is 0 Å². The van der Waals surface area contributed by atoms with Gasteiger partial charge in [-0.15, -0.1) is 10.2 Å². The van der Waals surface area contributed by atoms with E-state index in [2.05, 4.69) is 20.5 Å². The number of amides is 2. The normalized spacial score (nSPS) is 14.5. The molecule has 1 N–H and O–H groups in total. The van der Waals surface area contributed by atoms with Crippen molar-refractivity contribution >= 4 is 22.5 Å². The molecule has 0 spiro atoms. The number of hydrogen-bond donors (Lipinski definition) is 1. The minimum absolute atomic E-state index is 0.0727. The van der Waals surface area contributed by atoms with Gasteiger partial charge in [-0.2, -0.15) is 13.2 Å². The van der Waals surface area contributed by atoms with Crippen molar-refractivity contribution in [3.63, 3.8) is 0 Å². The van der Waals surface area contributed by atoms with E-state index in [4.69, 9.17) is 0 Å². The summed E-state index contributed by atoms with van der Waals surface area (Å²) < 4.78 is 40.3. The summed E-state index contributed by atoms with van der Waals surface area (Å²) in [6.07, 6.45) is 0.559. The van der Waals surface area contributed by atoms with Gasteiger partial charge in [0.2, 0.25) is 5.13 Å². The van der Waals surface area contributed by atoms with E-state index in [0.717, 1.165) is 43.1 Å². The van der Waals surface area contributed by atoms with E-state index in [-0.39, 0.29) is 23.3 Å². The molecule has 3 aromatic rings. The first kappa shape index (κ1) is 21.2. The average Bonchev–Trinajstić information content (AvgIpc) is 3.44. The van der Waals surface area contributed by atoms with Crippen molar-refractivity contribution in [3.8, 4) is 10.7 Å². The quantitative estimate of drug-likeness (QED) is 0.553. The van der Waals surface area contributed by atoms with Gasteiger partial charge in [-0.3, -0.25) is 10.3 Å². The minimum atomic E-state index is -4.48. The van der Waals surface area contributed by atoms with Gasteiger partial charge in [0.1, 0.15) is 5.69 Å². The summed E-state index contributed by atoms with van der Waals surface area (Å²) in [5, 5.41) is 11.6. The number of carbonyl (C=O) groups is 1. The second-order valence-electron chi connectivity index (χ2n) is 7.28. The monoisotopic (exact) mass is 447 g/mol. The average molecular weight is 447 g/mol. The number of alkyl halides is 3. The molecule has 10 heteroatoms. The Balaban J connectivity index is 1.55. The Morgan fingerprint density at radius 3 is 2.55 bits per heavy atom. The molecule has 1 aromatic carbocycles. The lowest BCUT2D eigenvalue weighted by Crippen LogP contribution is -2.41. The molecule has 0 bridgehead atoms. The predicted octanol–water partition coefficient (Wildman–Crippen LogP) is 5.60. The summed E-state index contributed by atoms with van der Waals surface area (Å²) in [5.41, 5.74) is -0.0186. The molecule has 2 amide bonds. The van der Waals surface area contributed by atoms with E-state index in [9.17, 15) is 18.0 Å². The highest BCUT2D eigenvalue weighted by Gasteiger charge is 2.35. The zero-order chi connectivity index (χ0) is 21.8. The molecule has 162 valence electrons. The number of halogens is 3. The highest BCUT2D eigenvalue weighted by Crippen LogP contribution is 2.34. The number of hydrogen-bond acceptors (Lipinski definition) is 5. The van der Waals surface area contributed by atoms with Gasteiger partial charge in [0, 0.05) is 18.8 Å². The Labute approximate surface area is 181 Å². The van der Waals surface area contributed by atoms with E-state index >= 15 is 0 Å². The van der Waals surface area contributed by atoms with Crippen LogP contribution < -0.4 is 5.32 Å². The molecule has 0 unspecified atom stereocenters. The number of benzene rings is 1. The third-order valence-corrected chi connectivity index (χ3v) is 6.07. The maximum absolute atomic E-state index is 13.4. The van der Waals surface area contributed by atoms with Crippen LogP contribution in [0.1, 0.15) is 36.8 Å². The van der Waals surface area contributed by atoms with Crippen molar-refractivity contribution in [2.24, 2.45) is 0 Å². The molecule has 2 aromatic heterocycles. The van der Waals surface area contributed by atoms with Gasteiger partial charge in [0.15, 0.2) is 5.01 Å². The number of rotatable bonds is 5. The van der Waals surface area contributed by atoms with Gasteiger partial charge in [-0.25, -0.2) is 4.79 Å². The third kappa shape index (κ3) is 5.01. The van der Waals surface area contributed by atoms with Crippen LogP contribution in [0.15, 0.2) is 48.7 Å². The highest BCUT2D eigenvalue weighted by atomic mass is 32.1. The van der Waals surface area contributed by atoms with Gasteiger partial charge in [0.25, 0.3) is 0 Å². The van der Waals surface area contributed by atoms with Crippen molar-refractivity contribution in [2.45, 2.75) is 44.4 Å². The molecule has 6 nitrogen and oxygen atoms in total. The van der Waals surface area contributed by atoms with Crippen molar-refractivity contribution in [1.82, 2.24) is 20.1 Å². The lowest BCUT2D eigenvalue weighted by Gasteiger charge is -2.29. The molecular formula is C21H20F3N5OS. The van der Waals surface area contributed by atoms with Crippen LogP contribution in [0.25, 0.3) is 10.7 Å². The molecular weight excluding hydrogens is 427 g/mol. The number of urea groups is 1. The second kappa shape index (κ2) is 9.01. The van der Waals surface area contributed by atoms with Gasteiger partial charge >= 0.3 is 12.2 Å². The van der Waals surface area contributed by atoms with Gasteiger partial charge in [-0.05, 0) is 36.6 Å². The maximum atomic E-state index is 13.4. The van der Waals surface area contributed by atoms with Crippen LogP contribution in [-0.4, -0.2) is 32.2 Å². The Morgan fingerprint density at radius 2 is 1.84 bits per heavy atom. The Hall–Kier alpha value is -3.01. The molecule has 0 saturated heterocycles. The smallest absolute Gasteiger partial charge is 0.317 e. The molecule has 1 aliphatic rings. The topological polar surface area (TPSA) is 71.0 Å². The van der Waals surface area contributed by atoms with Crippen molar-refractivity contribution in [1.29, 1.82) is 0 Å². The largest absolute Gasteiger partial charge is 0.416 e. The standard InChI is InChI=1S/C21H20F3N5OS/c22-21(23,24)16-10-4-1-7-14(16)13-29(15-8-2-3-9-15)20(30)26-19-28-27-18(31-19)17-11-5-6-12-25-17/h1,4-7,10-12,15H,2-3,8-9,13H2,(H,26,28,30). The fraction of sp³-hybridized carbons (Fsp3) is 0.333. The number of pyridine rings is 1. The molecule has 4 rings (SSSR count). The molecule has 0 atom stereocenters. The summed E-state index contributed by atoms with van der Waals surface area (Å²) in [5.74, 6) is 0. The number of anilines is 1. The summed E-state index contributed by atoms with van der Waals surface area (Å²) >= 11 is 1.16. The Morgan fingerprint density at radius 1 is 1.10 bits per heavy atom. The first-order valence-electron chi connectivity index (χ1n) is 9.89. The van der Waals surface area contributed by atoms with E-state index in [0.29, 0.717) is 10.7 Å². The van der Waals surface area contributed by atoms with Crippen LogP contribution in [-0.2, 0) is 12.7 Å². The van der Waals surface area contributed by atoms with Crippen molar-refractivity contribution < 1.29 is 18.0 Å². The van der Waals surface area contributed by atoms with E-state index in [1.165, 1.54) is 17.0 Å². The third-order valence-electron chi connectivity index (χ3n) is 5.21. The molecule has 0 aliphatic heterocycles. The summed E-state index contributed by atoms with van der Waals surface area (Å²) in [6, 6.07) is 10.2. The highest BCUT2D eigenvalue weighted by molar-refractivity contribution is 7.18. The number of nitrogens with zero attached hydrogens (tertiary/aromatic N) is 4. The molecule has 1 aliphatic carbocycles. The SMILES string of the molecule is O=C(Nc1nnc(-c2ccccn2)s1)N(Cc1ccccc1C(F)(F)F)C1CCCC1. The van der Waals surface area contributed by atoms with E-state index in [1.807, 2.05) is 6.07 Å². The van der Waals surface area contributed by atoms with Crippen LogP contribution in [0.4, 0.5) is 23.1 Å². The zero-order valence-corrected chi connectivity index (χ0v) is 17.3. The molecule has 31 heavy (non-hydrogen) atoms. The van der Waals surface area contributed by atoms with Gasteiger partial charge in [0.05, 0.1) is 5.56 Å². The molecule has 2 heterocycles. The fourth-order valence-corrected chi connectivity index (χ4v) is 4.44. The van der Waals surface area contributed by atoms with Crippen molar-refractivity contribution in [2.75, 3.05) is 5.32 Å². The van der Waals surface area contributed by atoms with E-state index < -0.39 is 17.8 Å². The molecule has 1 saturated carbocycles. The lowest BCUT2D eigenvalue weighted by atomic mass is 10.1. The summed E-state index contributed by atoms with van der Waals surface area (Å²) in [6.45, 7) is -0.127. The fourth-order valence-electron chi connectivity index (χ4n) is 3.73. The summed E-state index contributed by atoms with van der Waals surface area (Å²) in [7, 11) is 0. The Bertz CT molecular complexity index is 1030. The van der Waals surface area contributed by atoms with Crippen LogP contribution in [0, 0.1) is 0 Å². The van der Waals surface area contributed by atoms with E-state index in [1.54, 1.807) is 24.4 Å². The first-order chi connectivity index (χ1) is 14.9. The maximum Gasteiger partial charge on any atom is 0.416 e. The predicted molar refractivity (Wildman–Crippen MR) is 111 cm³/mol. The summed E-state index contributed by atoms with van der Waals surface area (Å²) in [4.78, 5) is 18.8. The molecule has 0 radical (unpaired) electrons. The van der Waals surface area contributed by atoms with Crippen molar-refractivity contribution in [3.05, 3.63) is 59.8 Å². The first-order valence-corrected chi connectivity index (χ1v) is 10.7. The number of nitrogens with one attached hydrogen (secondary N) is 1. The van der Waals surface area contributed by atoms with Gasteiger partial charge in [-0.1, -0.05) is 48.4 Å². The second-order valence-corrected chi connectivity index (χ2v) is 8.26. The zero-order valence-electron chi connectivity index (χ0n) is 16.5.